The molecule has 2 heteroatoms. The lowest BCUT2D eigenvalue weighted by Gasteiger charge is -2.26. The van der Waals surface area contributed by atoms with Gasteiger partial charge in [-0.2, -0.15) is 0 Å². The van der Waals surface area contributed by atoms with Gasteiger partial charge in [0.05, 0.1) is 6.04 Å². The summed E-state index contributed by atoms with van der Waals surface area (Å²) >= 11 is 0. The number of ether oxygens (including phenoxy) is 1. The quantitative estimate of drug-likeness (QED) is 0.740. The first-order valence-electron chi connectivity index (χ1n) is 6.62. The highest BCUT2D eigenvalue weighted by Gasteiger charge is 2.30. The SMILES string of the molecule is CCCCN(CCC)C1[C]Oc2ccccc21. The smallest absolute Gasteiger partial charge is 0.219 e. The third-order valence-corrected chi connectivity index (χ3v) is 3.17. The van der Waals surface area contributed by atoms with Gasteiger partial charge in [0.25, 0.3) is 0 Å². The predicted octanol–water partition coefficient (Wildman–Crippen LogP) is 3.67. The molecule has 0 saturated carbocycles. The first-order valence-corrected chi connectivity index (χ1v) is 6.62. The summed E-state index contributed by atoms with van der Waals surface area (Å²) in [6, 6.07) is 8.48. The highest BCUT2D eigenvalue weighted by atomic mass is 16.5. The molecule has 1 atom stereocenters. The van der Waals surface area contributed by atoms with Gasteiger partial charge >= 0.3 is 0 Å². The van der Waals surface area contributed by atoms with Gasteiger partial charge in [-0.3, -0.25) is 4.90 Å². The molecule has 0 fully saturated rings. The maximum Gasteiger partial charge on any atom is 0.219 e. The lowest BCUT2D eigenvalue weighted by atomic mass is 10.1. The molecule has 2 rings (SSSR count). The first kappa shape index (κ1) is 12.4. The molecule has 2 nitrogen and oxygen atoms in total. The molecule has 92 valence electrons. The van der Waals surface area contributed by atoms with E-state index in [1.54, 1.807) is 0 Å². The molecule has 1 unspecified atom stereocenters. The Bertz CT molecular complexity index is 351. The number of fused-ring (bicyclic) bond motifs is 1. The maximum atomic E-state index is 5.53. The molecule has 0 spiro atoms. The van der Waals surface area contributed by atoms with E-state index in [0.717, 1.165) is 18.8 Å². The van der Waals surface area contributed by atoms with Crippen LogP contribution in [-0.4, -0.2) is 18.0 Å². The second-order valence-corrected chi connectivity index (χ2v) is 4.55. The largest absolute Gasteiger partial charge is 0.476 e. The van der Waals surface area contributed by atoms with E-state index in [9.17, 15) is 0 Å². The van der Waals surface area contributed by atoms with E-state index in [4.69, 9.17) is 4.74 Å². The fourth-order valence-corrected chi connectivity index (χ4v) is 2.27. The van der Waals surface area contributed by atoms with E-state index >= 15 is 0 Å². The van der Waals surface area contributed by atoms with E-state index in [0.29, 0.717) is 0 Å². The lowest BCUT2D eigenvalue weighted by Crippen LogP contribution is -2.29. The van der Waals surface area contributed by atoms with E-state index < -0.39 is 0 Å². The van der Waals surface area contributed by atoms with Crippen molar-refractivity contribution in [3.8, 4) is 5.75 Å². The summed E-state index contributed by atoms with van der Waals surface area (Å²) in [5.74, 6) is 0.968. The Balaban J connectivity index is 2.09. The molecule has 0 amide bonds. The number of nitrogens with zero attached hydrogens (tertiary/aromatic N) is 1. The van der Waals surface area contributed by atoms with Crippen molar-refractivity contribution in [2.45, 2.75) is 39.2 Å². The summed E-state index contributed by atoms with van der Waals surface area (Å²) in [4.78, 5) is 2.47. The first-order chi connectivity index (χ1) is 8.36. The molecule has 1 aliphatic heterocycles. The average Bonchev–Trinajstić information content (AvgIpc) is 2.78. The van der Waals surface area contributed by atoms with Crippen LogP contribution in [0, 0.1) is 6.61 Å². The van der Waals surface area contributed by atoms with Crippen LogP contribution in [0.3, 0.4) is 0 Å². The van der Waals surface area contributed by atoms with E-state index in [1.807, 2.05) is 12.1 Å². The third kappa shape index (κ3) is 2.81. The number of hydrogen-bond donors (Lipinski definition) is 0. The average molecular weight is 231 g/mol. The van der Waals surface area contributed by atoms with Gasteiger partial charge in [0.1, 0.15) is 5.75 Å². The van der Waals surface area contributed by atoms with Crippen LogP contribution >= 0.6 is 0 Å². The lowest BCUT2D eigenvalue weighted by molar-refractivity contribution is 0.196. The van der Waals surface area contributed by atoms with Crippen molar-refractivity contribution in [1.82, 2.24) is 4.90 Å². The van der Waals surface area contributed by atoms with Crippen molar-refractivity contribution in [2.75, 3.05) is 13.1 Å². The molecule has 0 aliphatic carbocycles. The summed E-state index contributed by atoms with van der Waals surface area (Å²) in [6.07, 6.45) is 3.64. The summed E-state index contributed by atoms with van der Waals surface area (Å²) in [5, 5.41) is 0. The number of rotatable bonds is 6. The van der Waals surface area contributed by atoms with Crippen molar-refractivity contribution >= 4 is 0 Å². The van der Waals surface area contributed by atoms with Crippen molar-refractivity contribution in [3.05, 3.63) is 36.4 Å². The summed E-state index contributed by atoms with van der Waals surface area (Å²) in [5.41, 5.74) is 1.26. The zero-order valence-corrected chi connectivity index (χ0v) is 10.8. The molecule has 1 aromatic rings. The Morgan fingerprint density at radius 1 is 1.18 bits per heavy atom. The predicted molar refractivity (Wildman–Crippen MR) is 69.8 cm³/mol. The Labute approximate surface area is 105 Å². The number of unbranched alkanes of at least 4 members (excludes halogenated alkanes) is 1. The van der Waals surface area contributed by atoms with Gasteiger partial charge < -0.3 is 4.74 Å². The fraction of sp³-hybridized carbons (Fsp3) is 0.533. The molecule has 0 N–H and O–H groups in total. The highest BCUT2D eigenvalue weighted by Crippen LogP contribution is 2.38. The molecule has 0 aromatic heterocycles. The van der Waals surface area contributed by atoms with Crippen molar-refractivity contribution in [2.24, 2.45) is 0 Å². The van der Waals surface area contributed by atoms with Crippen molar-refractivity contribution in [1.29, 1.82) is 0 Å². The Hall–Kier alpha value is -1.02. The minimum Gasteiger partial charge on any atom is -0.476 e. The standard InChI is InChI=1S/C15H21NO/c1-3-5-11-16(10-4-2)14-12-17-15-9-7-6-8-13(14)15/h6-9,14H,3-5,10-11H2,1-2H3. The molecule has 2 radical (unpaired) electrons. The maximum absolute atomic E-state index is 5.53. The molecular formula is C15H21NO. The number of benzene rings is 1. The van der Waals surface area contributed by atoms with Gasteiger partial charge in [0, 0.05) is 5.56 Å². The van der Waals surface area contributed by atoms with E-state index in [2.05, 4.69) is 37.5 Å². The molecule has 1 aromatic carbocycles. The number of hydrogen-bond acceptors (Lipinski definition) is 2. The summed E-state index contributed by atoms with van der Waals surface area (Å²) in [7, 11) is 0. The molecule has 0 bridgehead atoms. The van der Waals surface area contributed by atoms with E-state index in [1.165, 1.54) is 24.8 Å². The Kier molecular flexibility index (Phi) is 4.43. The van der Waals surface area contributed by atoms with Gasteiger partial charge in [0.2, 0.25) is 6.61 Å². The van der Waals surface area contributed by atoms with Crippen LogP contribution < -0.4 is 4.74 Å². The minimum absolute atomic E-state index is 0.220. The van der Waals surface area contributed by atoms with Gasteiger partial charge in [0.15, 0.2) is 0 Å². The Morgan fingerprint density at radius 2 is 2.00 bits per heavy atom. The zero-order chi connectivity index (χ0) is 12.1. The van der Waals surface area contributed by atoms with Gasteiger partial charge in [-0.1, -0.05) is 38.5 Å². The second-order valence-electron chi connectivity index (χ2n) is 4.55. The minimum atomic E-state index is 0.220. The van der Waals surface area contributed by atoms with Gasteiger partial charge in [-0.25, -0.2) is 0 Å². The highest BCUT2D eigenvalue weighted by molar-refractivity contribution is 5.41. The van der Waals surface area contributed by atoms with Crippen molar-refractivity contribution < 1.29 is 4.74 Å². The van der Waals surface area contributed by atoms with E-state index in [-0.39, 0.29) is 6.04 Å². The Morgan fingerprint density at radius 3 is 2.76 bits per heavy atom. The summed E-state index contributed by atoms with van der Waals surface area (Å²) in [6.45, 7) is 9.83. The van der Waals surface area contributed by atoms with Gasteiger partial charge in [-0.15, -0.1) is 0 Å². The second kappa shape index (κ2) is 6.06. The molecule has 1 aliphatic rings. The topological polar surface area (TPSA) is 12.5 Å². The monoisotopic (exact) mass is 231 g/mol. The van der Waals surface area contributed by atoms with Crippen LogP contribution in [0.2, 0.25) is 0 Å². The fourth-order valence-electron chi connectivity index (χ4n) is 2.27. The molecule has 0 saturated heterocycles. The van der Waals surface area contributed by atoms with Crippen LogP contribution in [0.4, 0.5) is 0 Å². The summed E-state index contributed by atoms with van der Waals surface area (Å²) < 4.78 is 5.53. The van der Waals surface area contributed by atoms with Crippen LogP contribution in [-0.2, 0) is 0 Å². The van der Waals surface area contributed by atoms with Crippen LogP contribution in [0.25, 0.3) is 0 Å². The third-order valence-electron chi connectivity index (χ3n) is 3.17. The molecule has 17 heavy (non-hydrogen) atoms. The van der Waals surface area contributed by atoms with Crippen LogP contribution in [0.1, 0.15) is 44.7 Å². The molecule has 1 heterocycles. The van der Waals surface area contributed by atoms with Crippen LogP contribution in [0.5, 0.6) is 5.75 Å². The normalized spacial score (nSPS) is 18.2. The van der Waals surface area contributed by atoms with Crippen LogP contribution in [0.15, 0.2) is 24.3 Å². The molecular weight excluding hydrogens is 210 g/mol. The van der Waals surface area contributed by atoms with Crippen molar-refractivity contribution in [3.63, 3.8) is 0 Å². The van der Waals surface area contributed by atoms with Gasteiger partial charge in [-0.05, 0) is 32.0 Å². The number of para-hydroxylation sites is 1. The zero-order valence-electron chi connectivity index (χ0n) is 10.8.